The van der Waals surface area contributed by atoms with E-state index >= 15 is 0 Å². The van der Waals surface area contributed by atoms with Crippen LogP contribution in [0.4, 0.5) is 23.2 Å². The number of halogens is 4. The third kappa shape index (κ3) is 11.2. The minimum absolute atomic E-state index is 0.0644. The van der Waals surface area contributed by atoms with Crippen LogP contribution in [0.2, 0.25) is 0 Å². The summed E-state index contributed by atoms with van der Waals surface area (Å²) in [5.41, 5.74) is 5.04. The fourth-order valence-electron chi connectivity index (χ4n) is 5.66. The molecule has 0 bridgehead atoms. The molecule has 0 saturated heterocycles. The second-order valence-corrected chi connectivity index (χ2v) is 13.6. The summed E-state index contributed by atoms with van der Waals surface area (Å²) in [5.74, 6) is -0.401. The molecule has 0 radical (unpaired) electrons. The largest absolute Gasteiger partial charge is 0.507 e. The van der Waals surface area contributed by atoms with Crippen LogP contribution in [0.5, 0.6) is 5.75 Å². The number of hydrogen-bond acceptors (Lipinski definition) is 7. The van der Waals surface area contributed by atoms with Crippen LogP contribution < -0.4 is 10.3 Å². The lowest BCUT2D eigenvalue weighted by Crippen LogP contribution is -2.52. The zero-order valence-corrected chi connectivity index (χ0v) is 33.8. The number of alkyl halides is 3. The van der Waals surface area contributed by atoms with Gasteiger partial charge < -0.3 is 10.0 Å². The molecule has 0 spiro atoms. The van der Waals surface area contributed by atoms with Crippen LogP contribution in [0.15, 0.2) is 71.1 Å². The number of Topliss-reactive ketones (excluding diaryl/α,β-unsaturated/α-hetero) is 1. The van der Waals surface area contributed by atoms with E-state index in [0.29, 0.717) is 40.1 Å². The molecule has 0 amide bonds. The Morgan fingerprint density at radius 2 is 1.70 bits per heavy atom. The number of aliphatic imine (C=N–C) groups is 1. The Morgan fingerprint density at radius 3 is 2.19 bits per heavy atom. The van der Waals surface area contributed by atoms with Crippen molar-refractivity contribution in [2.24, 2.45) is 10.9 Å². The molecule has 3 rings (SSSR count). The summed E-state index contributed by atoms with van der Waals surface area (Å²) < 4.78 is 49.9. The Morgan fingerprint density at radius 1 is 1.11 bits per heavy atom. The summed E-state index contributed by atoms with van der Waals surface area (Å²) in [4.78, 5) is 20.2. The van der Waals surface area contributed by atoms with Crippen molar-refractivity contribution in [3.05, 3.63) is 94.2 Å². The number of anilines is 1. The summed E-state index contributed by atoms with van der Waals surface area (Å²) in [7, 11) is 0. The number of hydrogen-bond donors (Lipinski definition) is 2. The number of benzene rings is 2. The van der Waals surface area contributed by atoms with Crippen molar-refractivity contribution in [2.45, 2.75) is 120 Å². The number of amidine groups is 1. The van der Waals surface area contributed by atoms with Gasteiger partial charge in [0.1, 0.15) is 17.1 Å². The summed E-state index contributed by atoms with van der Waals surface area (Å²) in [6, 6.07) is 8.63. The van der Waals surface area contributed by atoms with Gasteiger partial charge in [0.2, 0.25) is 0 Å². The standard InChI is InChI=1S/C30H44N4O2S.C9H5F4N.C2H6/c1-11-14-20(5)34-28(21(6)19(4)13-3)22(7)31-29(32-34)25-18-24(16-17-26(25)35)33(23(8)37)30(9,10)27(36)15-12-2;1-5-2-3-6(4-14)7(8(5)10)9(11,12)13;1-2/h16-19,35H,5,7,11-15H2,1-4,6,8-10H3,(H,31,32);2-3H,1H3;1-2H3/b28-21-;;. The van der Waals surface area contributed by atoms with Crippen molar-refractivity contribution >= 4 is 34.5 Å². The molecule has 1 aliphatic rings. The maximum absolute atomic E-state index is 13.1. The summed E-state index contributed by atoms with van der Waals surface area (Å²) in [5, 5.41) is 21.2. The van der Waals surface area contributed by atoms with E-state index in [4.69, 9.17) is 22.5 Å². The zero-order valence-electron chi connectivity index (χ0n) is 33.0. The third-order valence-corrected chi connectivity index (χ3v) is 8.99. The molecule has 0 fully saturated rings. The van der Waals surface area contributed by atoms with Crippen molar-refractivity contribution in [1.82, 2.24) is 10.4 Å². The molecule has 53 heavy (non-hydrogen) atoms. The van der Waals surface area contributed by atoms with Crippen molar-refractivity contribution < 1.29 is 27.5 Å². The van der Waals surface area contributed by atoms with E-state index in [2.05, 4.69) is 46.3 Å². The summed E-state index contributed by atoms with van der Waals surface area (Å²) in [6.45, 7) is 30.0. The SMILES string of the molecule is C=C1N=C(c2cc(N(C(C)=S)C(C)(C)C(=O)CCC)ccc2O)NN(C(=C)CCC)/C1=C(/C)C(C)CC.CC.Cc1ccc(C#N)c(C(F)(F)F)c1F. The normalized spacial score (nSPS) is 14.3. The predicted octanol–water partition coefficient (Wildman–Crippen LogP) is 11.5. The Kier molecular flexibility index (Phi) is 17.6. The number of aryl methyl sites for hydroxylation is 1. The molecule has 0 aromatic heterocycles. The van der Waals surface area contributed by atoms with Crippen molar-refractivity contribution in [3.63, 3.8) is 0 Å². The second-order valence-electron chi connectivity index (χ2n) is 13.0. The van der Waals surface area contributed by atoms with E-state index in [0.717, 1.165) is 49.2 Å². The van der Waals surface area contributed by atoms with Crippen molar-refractivity contribution in [1.29, 1.82) is 5.26 Å². The summed E-state index contributed by atoms with van der Waals surface area (Å²) >= 11 is 5.59. The molecule has 0 saturated carbocycles. The van der Waals surface area contributed by atoms with Crippen LogP contribution in [0, 0.1) is 30.0 Å². The molecule has 2 aromatic carbocycles. The van der Waals surface area contributed by atoms with Gasteiger partial charge in [-0.1, -0.05) is 79.4 Å². The Bertz CT molecular complexity index is 1770. The maximum atomic E-state index is 13.1. The van der Waals surface area contributed by atoms with Gasteiger partial charge in [-0.05, 0) is 95.2 Å². The number of thiocarbonyl (C=S) groups is 1. The van der Waals surface area contributed by atoms with Crippen molar-refractivity contribution in [2.75, 3.05) is 4.90 Å². The first-order valence-electron chi connectivity index (χ1n) is 17.9. The lowest BCUT2D eigenvalue weighted by Gasteiger charge is -2.39. The number of phenols is 1. The van der Waals surface area contributed by atoms with Crippen LogP contribution >= 0.6 is 12.2 Å². The molecule has 7 nitrogen and oxygen atoms in total. The molecule has 0 aliphatic carbocycles. The zero-order chi connectivity index (χ0) is 41.0. The first-order chi connectivity index (χ1) is 24.7. The molecule has 1 atom stereocenters. The van der Waals surface area contributed by atoms with Crippen LogP contribution in [-0.4, -0.2) is 32.3 Å². The number of carbonyl (C=O) groups is 1. The molecule has 2 aromatic rings. The fourth-order valence-corrected chi connectivity index (χ4v) is 6.00. The van der Waals surface area contributed by atoms with Crippen LogP contribution in [0.3, 0.4) is 0 Å². The predicted molar refractivity (Wildman–Crippen MR) is 212 cm³/mol. The first-order valence-corrected chi connectivity index (χ1v) is 18.3. The van der Waals surface area contributed by atoms with E-state index in [1.807, 2.05) is 57.5 Å². The van der Waals surface area contributed by atoms with Gasteiger partial charge in [-0.3, -0.25) is 15.2 Å². The number of ketones is 1. The molecule has 2 N–H and O–H groups in total. The van der Waals surface area contributed by atoms with Gasteiger partial charge in [-0.15, -0.1) is 0 Å². The maximum Gasteiger partial charge on any atom is 0.420 e. The lowest BCUT2D eigenvalue weighted by atomic mass is 9.92. The minimum atomic E-state index is -4.83. The van der Waals surface area contributed by atoms with E-state index in [1.165, 1.54) is 18.6 Å². The highest BCUT2D eigenvalue weighted by Gasteiger charge is 2.38. The fraction of sp³-hybridized carbons (Fsp3) is 0.463. The van der Waals surface area contributed by atoms with Gasteiger partial charge >= 0.3 is 6.18 Å². The number of carbonyl (C=O) groups excluding carboxylic acids is 1. The van der Waals surface area contributed by atoms with Crippen LogP contribution in [0.25, 0.3) is 0 Å². The highest BCUT2D eigenvalue weighted by Crippen LogP contribution is 2.36. The molecule has 1 aliphatic heterocycles. The van der Waals surface area contributed by atoms with Gasteiger partial charge in [0.05, 0.1) is 39.1 Å². The Balaban J connectivity index is 0.000000730. The van der Waals surface area contributed by atoms with Gasteiger partial charge in [0, 0.05) is 17.8 Å². The quantitative estimate of drug-likeness (QED) is 0.174. The first kappa shape index (κ1) is 46.5. The smallest absolute Gasteiger partial charge is 0.420 e. The highest BCUT2D eigenvalue weighted by atomic mass is 32.1. The van der Waals surface area contributed by atoms with E-state index in [-0.39, 0.29) is 17.1 Å². The van der Waals surface area contributed by atoms with Gasteiger partial charge in [0.15, 0.2) is 11.6 Å². The van der Waals surface area contributed by atoms with Crippen LogP contribution in [-0.2, 0) is 11.0 Å². The van der Waals surface area contributed by atoms with Crippen LogP contribution in [0.1, 0.15) is 124 Å². The molecule has 12 heteroatoms. The average Bonchev–Trinajstić information content (AvgIpc) is 3.09. The van der Waals surface area contributed by atoms with Gasteiger partial charge in [0.25, 0.3) is 0 Å². The van der Waals surface area contributed by atoms with E-state index < -0.39 is 28.7 Å². The second kappa shape index (κ2) is 20.1. The summed E-state index contributed by atoms with van der Waals surface area (Å²) in [6.07, 6.45) is -0.876. The number of nitrogens with one attached hydrogen (secondary N) is 1. The topological polar surface area (TPSA) is 92.0 Å². The molecule has 1 heterocycles. The van der Waals surface area contributed by atoms with E-state index in [1.54, 1.807) is 12.1 Å². The number of rotatable bonds is 11. The molecule has 1 unspecified atom stereocenters. The monoisotopic (exact) mass is 757 g/mol. The Hall–Kier alpha value is -4.50. The number of allylic oxidation sites excluding steroid dienone is 2. The lowest BCUT2D eigenvalue weighted by molar-refractivity contribution is -0.140. The van der Waals surface area contributed by atoms with Gasteiger partial charge in [-0.25, -0.2) is 9.38 Å². The number of nitrogens with zero attached hydrogens (tertiary/aromatic N) is 4. The number of aromatic hydroxyl groups is 1. The highest BCUT2D eigenvalue weighted by molar-refractivity contribution is 7.80. The number of hydrazine groups is 1. The van der Waals surface area contributed by atoms with Gasteiger partial charge in [-0.2, -0.15) is 18.4 Å². The third-order valence-electron chi connectivity index (χ3n) is 8.81. The average molecular weight is 758 g/mol. The minimum Gasteiger partial charge on any atom is -0.507 e. The molecule has 290 valence electrons. The number of nitriles is 1. The van der Waals surface area contributed by atoms with E-state index in [9.17, 15) is 27.5 Å². The molecular formula is C41H55F4N5O2S. The van der Waals surface area contributed by atoms with Crippen molar-refractivity contribution in [3.8, 4) is 11.8 Å². The number of phenolic OH excluding ortho intramolecular Hbond substituents is 1. The molecular weight excluding hydrogens is 703 g/mol. The Labute approximate surface area is 318 Å².